The summed E-state index contributed by atoms with van der Waals surface area (Å²) in [7, 11) is 1.89. The fourth-order valence-corrected chi connectivity index (χ4v) is 3.03. The summed E-state index contributed by atoms with van der Waals surface area (Å²) in [6.45, 7) is 3.84. The molecule has 1 saturated heterocycles. The summed E-state index contributed by atoms with van der Waals surface area (Å²) in [6.07, 6.45) is 3.33. The Morgan fingerprint density at radius 3 is 2.75 bits per heavy atom. The molecule has 20 heavy (non-hydrogen) atoms. The summed E-state index contributed by atoms with van der Waals surface area (Å²) >= 11 is 3.43. The molecule has 1 aromatic rings. The van der Waals surface area contributed by atoms with Gasteiger partial charge in [-0.05, 0) is 43.0 Å². The summed E-state index contributed by atoms with van der Waals surface area (Å²) in [5, 5.41) is 3.36. The van der Waals surface area contributed by atoms with Crippen LogP contribution in [0.4, 0.5) is 0 Å². The zero-order valence-corrected chi connectivity index (χ0v) is 13.8. The van der Waals surface area contributed by atoms with Gasteiger partial charge in [-0.2, -0.15) is 0 Å². The number of nitrogens with zero attached hydrogens (tertiary/aromatic N) is 1. The van der Waals surface area contributed by atoms with E-state index in [1.807, 2.05) is 24.1 Å². The van der Waals surface area contributed by atoms with Gasteiger partial charge in [0.05, 0.1) is 6.04 Å². The van der Waals surface area contributed by atoms with Crippen molar-refractivity contribution in [1.29, 1.82) is 0 Å². The van der Waals surface area contributed by atoms with Crippen LogP contribution in [-0.2, 0) is 11.3 Å². The van der Waals surface area contributed by atoms with Crippen LogP contribution in [0.2, 0.25) is 0 Å². The van der Waals surface area contributed by atoms with E-state index >= 15 is 0 Å². The van der Waals surface area contributed by atoms with Crippen molar-refractivity contribution in [2.24, 2.45) is 5.92 Å². The molecular formula is C16H23BrN2O. The van der Waals surface area contributed by atoms with Gasteiger partial charge in [0.1, 0.15) is 0 Å². The van der Waals surface area contributed by atoms with E-state index in [-0.39, 0.29) is 11.9 Å². The average Bonchev–Trinajstić information content (AvgIpc) is 2.48. The number of halogens is 1. The Kier molecular flexibility index (Phi) is 5.61. The fourth-order valence-electron chi connectivity index (χ4n) is 2.76. The van der Waals surface area contributed by atoms with Gasteiger partial charge in [-0.25, -0.2) is 0 Å². The zero-order valence-electron chi connectivity index (χ0n) is 12.2. The van der Waals surface area contributed by atoms with Crippen molar-refractivity contribution in [1.82, 2.24) is 10.2 Å². The van der Waals surface area contributed by atoms with Crippen LogP contribution in [0.3, 0.4) is 0 Å². The number of nitrogens with one attached hydrogen (secondary N) is 1. The summed E-state index contributed by atoms with van der Waals surface area (Å²) in [5.74, 6) is 0.900. The predicted octanol–water partition coefficient (Wildman–Crippen LogP) is 3.19. The molecule has 2 rings (SSSR count). The Balaban J connectivity index is 1.92. The molecule has 1 amide bonds. The quantitative estimate of drug-likeness (QED) is 0.914. The van der Waals surface area contributed by atoms with Crippen molar-refractivity contribution in [2.45, 2.75) is 38.8 Å². The number of hydrogen-bond donors (Lipinski definition) is 1. The molecule has 0 spiro atoms. The molecule has 4 heteroatoms. The summed E-state index contributed by atoms with van der Waals surface area (Å²) in [4.78, 5) is 14.3. The van der Waals surface area contributed by atoms with E-state index in [4.69, 9.17) is 0 Å². The number of benzene rings is 1. The van der Waals surface area contributed by atoms with Crippen LogP contribution < -0.4 is 5.32 Å². The van der Waals surface area contributed by atoms with E-state index < -0.39 is 0 Å². The maximum absolute atomic E-state index is 12.5. The highest BCUT2D eigenvalue weighted by atomic mass is 79.9. The van der Waals surface area contributed by atoms with E-state index in [2.05, 4.69) is 40.3 Å². The first-order valence-corrected chi connectivity index (χ1v) is 8.12. The monoisotopic (exact) mass is 338 g/mol. The molecule has 0 bridgehead atoms. The highest BCUT2D eigenvalue weighted by Crippen LogP contribution is 2.21. The van der Waals surface area contributed by atoms with E-state index in [0.29, 0.717) is 12.5 Å². The molecule has 1 N–H and O–H groups in total. The van der Waals surface area contributed by atoms with E-state index in [9.17, 15) is 4.79 Å². The van der Waals surface area contributed by atoms with Gasteiger partial charge in [0.2, 0.25) is 5.91 Å². The van der Waals surface area contributed by atoms with Crippen LogP contribution in [-0.4, -0.2) is 30.4 Å². The van der Waals surface area contributed by atoms with Crippen LogP contribution in [0, 0.1) is 5.92 Å². The van der Waals surface area contributed by atoms with E-state index in [1.165, 1.54) is 12.8 Å². The van der Waals surface area contributed by atoms with Crippen molar-refractivity contribution >= 4 is 21.8 Å². The Morgan fingerprint density at radius 1 is 1.40 bits per heavy atom. The second kappa shape index (κ2) is 7.23. The van der Waals surface area contributed by atoms with Gasteiger partial charge in [-0.15, -0.1) is 0 Å². The largest absolute Gasteiger partial charge is 0.340 e. The number of carbonyl (C=O) groups excluding carboxylic acids is 1. The van der Waals surface area contributed by atoms with Gasteiger partial charge in [-0.1, -0.05) is 41.4 Å². The van der Waals surface area contributed by atoms with Crippen molar-refractivity contribution in [3.63, 3.8) is 0 Å². The van der Waals surface area contributed by atoms with Crippen LogP contribution in [0.15, 0.2) is 28.7 Å². The lowest BCUT2D eigenvalue weighted by molar-refractivity contribution is -0.133. The van der Waals surface area contributed by atoms with Crippen LogP contribution in [0.5, 0.6) is 0 Å². The topological polar surface area (TPSA) is 32.3 Å². The second-order valence-corrected chi connectivity index (χ2v) is 6.54. The van der Waals surface area contributed by atoms with Crippen molar-refractivity contribution in [3.8, 4) is 0 Å². The normalized spacial score (nSPS) is 22.6. The molecule has 1 aliphatic heterocycles. The Bertz CT molecular complexity index is 446. The predicted molar refractivity (Wildman–Crippen MR) is 85.4 cm³/mol. The third kappa shape index (κ3) is 4.06. The smallest absolute Gasteiger partial charge is 0.239 e. The number of piperidine rings is 1. The maximum atomic E-state index is 12.5. The SMILES string of the molecule is CCC1CCNC(C(=O)N(C)Cc2ccc(Br)cc2)C1. The Hall–Kier alpha value is -0.870. The van der Waals surface area contributed by atoms with Crippen molar-refractivity contribution < 1.29 is 4.79 Å². The number of rotatable bonds is 4. The Labute approximate surface area is 129 Å². The molecule has 0 aromatic heterocycles. The minimum atomic E-state index is -0.00542. The molecule has 3 nitrogen and oxygen atoms in total. The van der Waals surface area contributed by atoms with Gasteiger partial charge in [0.25, 0.3) is 0 Å². The molecule has 2 unspecified atom stereocenters. The third-order valence-electron chi connectivity index (χ3n) is 4.10. The van der Waals surface area contributed by atoms with E-state index in [1.54, 1.807) is 0 Å². The molecule has 0 aliphatic carbocycles. The van der Waals surface area contributed by atoms with Crippen LogP contribution in [0.25, 0.3) is 0 Å². The number of likely N-dealkylation sites (N-methyl/N-ethyl adjacent to an activating group) is 1. The highest BCUT2D eigenvalue weighted by Gasteiger charge is 2.27. The molecule has 1 heterocycles. The standard InChI is InChI=1S/C16H23BrN2O/c1-3-12-8-9-18-15(10-12)16(20)19(2)11-13-4-6-14(17)7-5-13/h4-7,12,15,18H,3,8-11H2,1-2H3. The maximum Gasteiger partial charge on any atom is 0.239 e. The van der Waals surface area contributed by atoms with Crippen molar-refractivity contribution in [2.75, 3.05) is 13.6 Å². The average molecular weight is 339 g/mol. The molecule has 110 valence electrons. The molecular weight excluding hydrogens is 316 g/mol. The van der Waals surface area contributed by atoms with E-state index in [0.717, 1.165) is 23.0 Å². The highest BCUT2D eigenvalue weighted by molar-refractivity contribution is 9.10. The molecule has 0 saturated carbocycles. The van der Waals surface area contributed by atoms with Crippen LogP contribution in [0.1, 0.15) is 31.7 Å². The number of carbonyl (C=O) groups is 1. The lowest BCUT2D eigenvalue weighted by atomic mass is 9.90. The van der Waals surface area contributed by atoms with Gasteiger partial charge in [0.15, 0.2) is 0 Å². The first kappa shape index (κ1) is 15.5. The fraction of sp³-hybridized carbons (Fsp3) is 0.562. The lowest BCUT2D eigenvalue weighted by Crippen LogP contribution is -2.49. The molecule has 1 aliphatic rings. The minimum absolute atomic E-state index is 0.00542. The first-order chi connectivity index (χ1) is 9.60. The van der Waals surface area contributed by atoms with Gasteiger partial charge >= 0.3 is 0 Å². The molecule has 0 radical (unpaired) electrons. The zero-order chi connectivity index (χ0) is 14.5. The number of amides is 1. The first-order valence-electron chi connectivity index (χ1n) is 7.33. The minimum Gasteiger partial charge on any atom is -0.340 e. The molecule has 2 atom stereocenters. The van der Waals surface area contributed by atoms with Gasteiger partial charge < -0.3 is 10.2 Å². The summed E-state index contributed by atoms with van der Waals surface area (Å²) in [6, 6.07) is 8.13. The summed E-state index contributed by atoms with van der Waals surface area (Å²) < 4.78 is 1.06. The second-order valence-electron chi connectivity index (χ2n) is 5.63. The van der Waals surface area contributed by atoms with Crippen LogP contribution >= 0.6 is 15.9 Å². The Morgan fingerprint density at radius 2 is 2.10 bits per heavy atom. The van der Waals surface area contributed by atoms with Gasteiger partial charge in [-0.3, -0.25) is 4.79 Å². The third-order valence-corrected chi connectivity index (χ3v) is 4.63. The number of hydrogen-bond acceptors (Lipinski definition) is 2. The summed E-state index contributed by atoms with van der Waals surface area (Å²) in [5.41, 5.74) is 1.16. The molecule has 1 aromatic carbocycles. The lowest BCUT2D eigenvalue weighted by Gasteiger charge is -2.31. The van der Waals surface area contributed by atoms with Crippen molar-refractivity contribution in [3.05, 3.63) is 34.3 Å². The molecule has 1 fully saturated rings. The van der Waals surface area contributed by atoms with Gasteiger partial charge in [0, 0.05) is 18.1 Å².